The maximum atomic E-state index is 12.3. The van der Waals surface area contributed by atoms with Crippen LogP contribution < -0.4 is 5.56 Å². The second-order valence-corrected chi connectivity index (χ2v) is 5.27. The van der Waals surface area contributed by atoms with Crippen LogP contribution in [0.25, 0.3) is 10.8 Å². The smallest absolute Gasteiger partial charge is 0.258 e. The molecule has 2 nitrogen and oxygen atoms in total. The number of hydrogen-bond acceptors (Lipinski definition) is 1. The molecule has 1 saturated carbocycles. The summed E-state index contributed by atoms with van der Waals surface area (Å²) < 4.78 is 2.90. The number of halogens is 1. The van der Waals surface area contributed by atoms with Gasteiger partial charge in [-0.2, -0.15) is 0 Å². The van der Waals surface area contributed by atoms with E-state index in [1.54, 1.807) is 0 Å². The minimum Gasteiger partial charge on any atom is -0.312 e. The van der Waals surface area contributed by atoms with Crippen molar-refractivity contribution in [1.82, 2.24) is 4.57 Å². The maximum Gasteiger partial charge on any atom is 0.258 e. The molecule has 0 saturated heterocycles. The molecular weight excluding hydrogens is 266 g/mol. The summed E-state index contributed by atoms with van der Waals surface area (Å²) in [6.45, 7) is 2.06. The van der Waals surface area contributed by atoms with Gasteiger partial charge in [0.05, 0.1) is 0 Å². The summed E-state index contributed by atoms with van der Waals surface area (Å²) in [5.41, 5.74) is 1.30. The molecule has 1 aliphatic carbocycles. The van der Waals surface area contributed by atoms with Crippen LogP contribution in [0.15, 0.2) is 33.7 Å². The molecule has 0 spiro atoms. The quantitative estimate of drug-likeness (QED) is 0.783. The van der Waals surface area contributed by atoms with Crippen LogP contribution in [0.3, 0.4) is 0 Å². The van der Waals surface area contributed by atoms with E-state index in [1.165, 1.54) is 0 Å². The highest BCUT2D eigenvalue weighted by molar-refractivity contribution is 9.10. The van der Waals surface area contributed by atoms with Crippen LogP contribution in [0.2, 0.25) is 0 Å². The van der Waals surface area contributed by atoms with E-state index in [1.807, 2.05) is 29.0 Å². The van der Waals surface area contributed by atoms with Crippen molar-refractivity contribution in [3.8, 4) is 0 Å². The highest BCUT2D eigenvalue weighted by atomic mass is 79.9. The summed E-state index contributed by atoms with van der Waals surface area (Å²) in [4.78, 5) is 12.3. The predicted octanol–water partition coefficient (Wildman–Crippen LogP) is 3.41. The third-order valence-electron chi connectivity index (χ3n) is 3.15. The number of aryl methyl sites for hydroxylation is 1. The van der Waals surface area contributed by atoms with E-state index in [0.29, 0.717) is 6.04 Å². The molecule has 82 valence electrons. The van der Waals surface area contributed by atoms with Gasteiger partial charge in [0.2, 0.25) is 0 Å². The lowest BCUT2D eigenvalue weighted by molar-refractivity contribution is 0.711. The highest BCUT2D eigenvalue weighted by Crippen LogP contribution is 2.35. The third-order valence-corrected chi connectivity index (χ3v) is 3.81. The Kier molecular flexibility index (Phi) is 2.18. The van der Waals surface area contributed by atoms with Crippen molar-refractivity contribution in [2.24, 2.45) is 0 Å². The number of pyridine rings is 1. The summed E-state index contributed by atoms with van der Waals surface area (Å²) in [6, 6.07) is 6.25. The van der Waals surface area contributed by atoms with Gasteiger partial charge in [-0.05, 0) is 37.5 Å². The summed E-state index contributed by atoms with van der Waals surface area (Å²) in [7, 11) is 0. The summed E-state index contributed by atoms with van der Waals surface area (Å²) in [5.74, 6) is 0. The van der Waals surface area contributed by atoms with Crippen molar-refractivity contribution in [2.75, 3.05) is 0 Å². The summed E-state index contributed by atoms with van der Waals surface area (Å²) >= 11 is 3.51. The molecule has 2 aromatic rings. The van der Waals surface area contributed by atoms with E-state index in [4.69, 9.17) is 0 Å². The van der Waals surface area contributed by atoms with Crippen LogP contribution >= 0.6 is 15.9 Å². The molecule has 0 bridgehead atoms. The number of hydrogen-bond donors (Lipinski definition) is 0. The number of nitrogens with zero attached hydrogens (tertiary/aromatic N) is 1. The molecule has 0 atom stereocenters. The molecule has 3 heteroatoms. The summed E-state index contributed by atoms with van der Waals surface area (Å²) in [6.07, 6.45) is 4.27. The van der Waals surface area contributed by atoms with E-state index in [2.05, 4.69) is 22.9 Å². The van der Waals surface area contributed by atoms with Crippen molar-refractivity contribution in [3.05, 3.63) is 44.8 Å². The Hall–Kier alpha value is -1.09. The Balaban J connectivity index is 2.44. The molecule has 0 aliphatic heterocycles. The SMILES string of the molecule is Cc1cn(C2CC2)c(=O)c2cccc(Br)c12. The molecule has 16 heavy (non-hydrogen) atoms. The van der Waals surface area contributed by atoms with Gasteiger partial charge in [0.25, 0.3) is 5.56 Å². The molecule has 0 unspecified atom stereocenters. The topological polar surface area (TPSA) is 22.0 Å². The van der Waals surface area contributed by atoms with E-state index >= 15 is 0 Å². The summed E-state index contributed by atoms with van der Waals surface area (Å²) in [5, 5.41) is 1.87. The Bertz CT molecular complexity index is 626. The lowest BCUT2D eigenvalue weighted by Gasteiger charge is -2.09. The minimum atomic E-state index is 0.143. The van der Waals surface area contributed by atoms with Gasteiger partial charge in [-0.25, -0.2) is 0 Å². The number of aromatic nitrogens is 1. The molecule has 1 aliphatic rings. The zero-order chi connectivity index (χ0) is 11.3. The van der Waals surface area contributed by atoms with Gasteiger partial charge >= 0.3 is 0 Å². The minimum absolute atomic E-state index is 0.143. The van der Waals surface area contributed by atoms with E-state index in [-0.39, 0.29) is 5.56 Å². The van der Waals surface area contributed by atoms with E-state index in [9.17, 15) is 4.79 Å². The van der Waals surface area contributed by atoms with Crippen molar-refractivity contribution in [3.63, 3.8) is 0 Å². The standard InChI is InChI=1S/C13H12BrNO/c1-8-7-15(9-5-6-9)13(16)10-3-2-4-11(14)12(8)10/h2-4,7,9H,5-6H2,1H3. The van der Waals surface area contributed by atoms with Gasteiger partial charge in [0, 0.05) is 27.5 Å². The number of rotatable bonds is 1. The first-order valence-electron chi connectivity index (χ1n) is 5.48. The normalized spacial score (nSPS) is 15.6. The molecule has 0 radical (unpaired) electrons. The second kappa shape index (κ2) is 3.45. The first-order chi connectivity index (χ1) is 7.68. The molecule has 0 amide bonds. The molecule has 3 rings (SSSR count). The Morgan fingerprint density at radius 1 is 1.38 bits per heavy atom. The van der Waals surface area contributed by atoms with Gasteiger partial charge in [-0.1, -0.05) is 22.0 Å². The highest BCUT2D eigenvalue weighted by Gasteiger charge is 2.25. The second-order valence-electron chi connectivity index (χ2n) is 4.42. The number of fused-ring (bicyclic) bond motifs is 1. The lowest BCUT2D eigenvalue weighted by atomic mass is 10.1. The van der Waals surface area contributed by atoms with Crippen molar-refractivity contribution in [1.29, 1.82) is 0 Å². The molecule has 1 fully saturated rings. The zero-order valence-electron chi connectivity index (χ0n) is 9.03. The fraction of sp³-hybridized carbons (Fsp3) is 0.308. The van der Waals surface area contributed by atoms with Crippen molar-refractivity contribution < 1.29 is 0 Å². The lowest BCUT2D eigenvalue weighted by Crippen LogP contribution is -2.19. The fourth-order valence-electron chi connectivity index (χ4n) is 2.20. The monoisotopic (exact) mass is 277 g/mol. The van der Waals surface area contributed by atoms with Gasteiger partial charge in [0.1, 0.15) is 0 Å². The van der Waals surface area contributed by atoms with Gasteiger partial charge in [-0.3, -0.25) is 4.79 Å². The van der Waals surface area contributed by atoms with E-state index < -0.39 is 0 Å². The third kappa shape index (κ3) is 1.42. The van der Waals surface area contributed by atoms with Crippen LogP contribution in [0, 0.1) is 6.92 Å². The van der Waals surface area contributed by atoms with Crippen LogP contribution in [0.5, 0.6) is 0 Å². The molecule has 1 heterocycles. The Morgan fingerprint density at radius 2 is 2.12 bits per heavy atom. The Morgan fingerprint density at radius 3 is 2.81 bits per heavy atom. The van der Waals surface area contributed by atoms with Gasteiger partial charge in [0.15, 0.2) is 0 Å². The first kappa shape index (κ1) is 10.1. The first-order valence-corrected chi connectivity index (χ1v) is 6.28. The van der Waals surface area contributed by atoms with Gasteiger partial charge in [-0.15, -0.1) is 0 Å². The molecule has 0 N–H and O–H groups in total. The van der Waals surface area contributed by atoms with Crippen LogP contribution in [0.4, 0.5) is 0 Å². The van der Waals surface area contributed by atoms with E-state index in [0.717, 1.165) is 33.7 Å². The Labute approximate surface area is 102 Å². The molecule has 1 aromatic carbocycles. The van der Waals surface area contributed by atoms with Crippen LogP contribution in [-0.4, -0.2) is 4.57 Å². The average Bonchev–Trinajstić information content (AvgIpc) is 3.07. The zero-order valence-corrected chi connectivity index (χ0v) is 10.6. The van der Waals surface area contributed by atoms with Gasteiger partial charge < -0.3 is 4.57 Å². The average molecular weight is 278 g/mol. The van der Waals surface area contributed by atoms with Crippen molar-refractivity contribution >= 4 is 26.7 Å². The molecule has 1 aromatic heterocycles. The fourth-order valence-corrected chi connectivity index (χ4v) is 2.88. The van der Waals surface area contributed by atoms with Crippen LogP contribution in [0.1, 0.15) is 24.4 Å². The number of benzene rings is 1. The largest absolute Gasteiger partial charge is 0.312 e. The predicted molar refractivity (Wildman–Crippen MR) is 68.9 cm³/mol. The maximum absolute atomic E-state index is 12.3. The molecular formula is C13H12BrNO. The van der Waals surface area contributed by atoms with Crippen LogP contribution in [-0.2, 0) is 0 Å². The van der Waals surface area contributed by atoms with Crippen molar-refractivity contribution in [2.45, 2.75) is 25.8 Å².